The van der Waals surface area contributed by atoms with Crippen LogP contribution in [0, 0.1) is 13.8 Å². The van der Waals surface area contributed by atoms with Crippen LogP contribution in [0.5, 0.6) is 11.5 Å². The summed E-state index contributed by atoms with van der Waals surface area (Å²) in [7, 11) is 14.0. The van der Waals surface area contributed by atoms with Crippen molar-refractivity contribution in [3.05, 3.63) is 177 Å². The van der Waals surface area contributed by atoms with Gasteiger partial charge in [0.1, 0.15) is 11.5 Å². The van der Waals surface area contributed by atoms with Gasteiger partial charge in [0.25, 0.3) is 0 Å². The Labute approximate surface area is 343 Å². The zero-order valence-corrected chi connectivity index (χ0v) is 35.5. The molecule has 0 saturated carbocycles. The van der Waals surface area contributed by atoms with Crippen molar-refractivity contribution < 1.29 is 27.2 Å². The fraction of sp³-hybridized carbons (Fsp3) is 0.250. The first-order chi connectivity index (χ1) is 26.4. The predicted octanol–water partition coefficient (Wildman–Crippen LogP) is 11.3. The molecular weight excluding hydrogens is 755 g/mol. The van der Waals surface area contributed by atoms with Gasteiger partial charge in [-0.3, -0.25) is 4.90 Å². The number of halogens is 2. The molecule has 2 aliphatic rings. The maximum atomic E-state index is 12.3. The van der Waals surface area contributed by atoms with E-state index in [1.54, 1.807) is 0 Å². The predicted molar refractivity (Wildman–Crippen MR) is 225 cm³/mol. The summed E-state index contributed by atoms with van der Waals surface area (Å²) in [4.78, 5) is 4.56. The summed E-state index contributed by atoms with van der Waals surface area (Å²) >= 11 is -0.556. The van der Waals surface area contributed by atoms with Crippen LogP contribution >= 0.6 is 18.6 Å². The molecule has 0 bridgehead atoms. The first kappa shape index (κ1) is 39.4. The van der Waals surface area contributed by atoms with E-state index in [2.05, 4.69) is 173 Å². The van der Waals surface area contributed by atoms with Gasteiger partial charge in [0.2, 0.25) is 0 Å². The van der Waals surface area contributed by atoms with Gasteiger partial charge in [-0.15, -0.1) is 0 Å². The summed E-state index contributed by atoms with van der Waals surface area (Å²) in [6, 6.07) is 43.0. The van der Waals surface area contributed by atoms with Crippen molar-refractivity contribution in [1.82, 2.24) is 9.80 Å². The van der Waals surface area contributed by atoms with Gasteiger partial charge in [0, 0.05) is 59.3 Å². The summed E-state index contributed by atoms with van der Waals surface area (Å²) in [5.41, 5.74) is 14.7. The van der Waals surface area contributed by atoms with E-state index in [1.807, 2.05) is 0 Å². The fourth-order valence-corrected chi connectivity index (χ4v) is 9.23. The Morgan fingerprint density at radius 3 is 1.13 bits per heavy atom. The van der Waals surface area contributed by atoms with Crippen LogP contribution in [0.15, 0.2) is 121 Å². The monoisotopic (exact) mass is 802 g/mol. The van der Waals surface area contributed by atoms with Gasteiger partial charge in [-0.05, 0) is 86.3 Å². The average Bonchev–Trinajstić information content (AvgIpc) is 3.60. The number of hydrogen-bond acceptors (Lipinski definition) is 4. The Kier molecular flexibility index (Phi) is 11.4. The van der Waals surface area contributed by atoms with E-state index in [0.717, 1.165) is 46.5 Å². The number of phenols is 2. The molecule has 2 aliphatic carbocycles. The van der Waals surface area contributed by atoms with Crippen molar-refractivity contribution in [2.75, 3.05) is 27.2 Å². The zero-order chi connectivity index (χ0) is 39.1. The molecule has 0 spiro atoms. The molecule has 4 nitrogen and oxygen atoms in total. The van der Waals surface area contributed by atoms with Crippen LogP contribution in [0.25, 0.3) is 22.3 Å². The third-order valence-corrected chi connectivity index (χ3v) is 11.8. The van der Waals surface area contributed by atoms with Gasteiger partial charge < -0.3 is 15.1 Å². The van der Waals surface area contributed by atoms with Crippen LogP contribution in [0.2, 0.25) is 0 Å². The maximum absolute atomic E-state index is 12.3. The van der Waals surface area contributed by atoms with E-state index in [1.165, 1.54) is 44.5 Å². The van der Waals surface area contributed by atoms with Crippen molar-refractivity contribution in [2.45, 2.75) is 51.6 Å². The van der Waals surface area contributed by atoms with Crippen molar-refractivity contribution in [2.24, 2.45) is 0 Å². The summed E-state index contributed by atoms with van der Waals surface area (Å²) in [6.07, 6.45) is 0. The Morgan fingerprint density at radius 1 is 0.509 bits per heavy atom. The summed E-state index contributed by atoms with van der Waals surface area (Å²) in [5, 5.41) is 24.6. The molecule has 0 radical (unpaired) electrons. The van der Waals surface area contributed by atoms with E-state index in [0.29, 0.717) is 24.6 Å². The summed E-state index contributed by atoms with van der Waals surface area (Å²) < 4.78 is 0. The van der Waals surface area contributed by atoms with Gasteiger partial charge in [0.15, 0.2) is 0 Å². The van der Waals surface area contributed by atoms with Crippen LogP contribution in [-0.4, -0.2) is 47.2 Å². The van der Waals surface area contributed by atoms with Gasteiger partial charge in [-0.25, -0.2) is 0 Å². The molecule has 6 aromatic carbocycles. The van der Waals surface area contributed by atoms with Crippen LogP contribution < -0.4 is 0 Å². The van der Waals surface area contributed by atoms with E-state index < -0.39 is 27.9 Å². The van der Waals surface area contributed by atoms with Gasteiger partial charge in [-0.1, -0.05) is 132 Å². The van der Waals surface area contributed by atoms with Gasteiger partial charge in [0.05, 0.1) is 0 Å². The molecular formula is C48H48Cl2N2O2Ti. The van der Waals surface area contributed by atoms with Crippen molar-refractivity contribution >= 4 is 18.6 Å². The Bertz CT molecular complexity index is 2120. The molecule has 55 heavy (non-hydrogen) atoms. The molecule has 8 rings (SSSR count). The molecule has 0 aliphatic heterocycles. The molecule has 0 heterocycles. The molecule has 0 atom stereocenters. The SMILES string of the molecule is Cc1cc(CN(CCN(C)C)Cc2cc(C)cc(C3(C)c4ccccc4-c4ccccc43)c2O)c(O)c(C2(C)c3ccccc3-c3ccccc32)c1.[Cl][Ti][Cl]. The molecule has 2 N–H and O–H groups in total. The molecule has 0 unspecified atom stereocenters. The van der Waals surface area contributed by atoms with Crippen LogP contribution in [0.3, 0.4) is 0 Å². The standard InChI is InChI=1S/C48H48N2O2.2ClH.Ti/c1-31-25-33(45(51)43(27-31)47(3)39-19-11-7-15-35(39)36-16-8-12-20-40(36)47)29-50(24-23-49(5)6)30-34-26-32(2)28-44(46(34)52)48(4)41-21-13-9-17-37(41)38-18-10-14-22-42(38)48;;;/h7-22,25-28,51-52H,23-24,29-30H2,1-6H3;2*1H;/q;;;+2/p-2. The van der Waals surface area contributed by atoms with Gasteiger partial charge in [-0.2, -0.15) is 0 Å². The zero-order valence-electron chi connectivity index (χ0n) is 32.4. The first-order valence-corrected chi connectivity index (χ1v) is 23.1. The molecule has 6 aromatic rings. The second-order valence-corrected chi connectivity index (χ2v) is 18.2. The number of aromatic hydroxyl groups is 2. The Morgan fingerprint density at radius 2 is 0.818 bits per heavy atom. The number of nitrogens with zero attached hydrogens (tertiary/aromatic N) is 2. The van der Waals surface area contributed by atoms with E-state index in [4.69, 9.17) is 18.6 Å². The first-order valence-electron chi connectivity index (χ1n) is 18.8. The summed E-state index contributed by atoms with van der Waals surface area (Å²) in [6.45, 7) is 11.5. The van der Waals surface area contributed by atoms with Crippen LogP contribution in [0.4, 0.5) is 0 Å². The van der Waals surface area contributed by atoms with Gasteiger partial charge >= 0.3 is 35.6 Å². The second-order valence-electron chi connectivity index (χ2n) is 15.7. The fourth-order valence-electron chi connectivity index (χ4n) is 9.23. The quantitative estimate of drug-likeness (QED) is 0.143. The minimum atomic E-state index is -0.556. The molecule has 0 amide bonds. The van der Waals surface area contributed by atoms with Crippen LogP contribution in [-0.2, 0) is 41.0 Å². The number of likely N-dealkylation sites (N-methyl/N-ethyl adjacent to an activating group) is 1. The van der Waals surface area contributed by atoms with E-state index in [-0.39, 0.29) is 0 Å². The molecule has 0 fully saturated rings. The number of rotatable bonds is 9. The summed E-state index contributed by atoms with van der Waals surface area (Å²) in [5.74, 6) is 0.686. The van der Waals surface area contributed by atoms with E-state index in [9.17, 15) is 10.2 Å². The Hall–Kier alpha value is -3.87. The molecule has 7 heteroatoms. The topological polar surface area (TPSA) is 46.9 Å². The van der Waals surface area contributed by atoms with Crippen LogP contribution in [0.1, 0.15) is 69.5 Å². The number of phenolic OH excluding ortho intramolecular Hbond substituents is 2. The molecule has 280 valence electrons. The number of benzene rings is 6. The Balaban J connectivity index is 0.00000150. The molecule has 0 aromatic heterocycles. The average molecular weight is 804 g/mol. The minimum absolute atomic E-state index is 0.343. The molecule has 0 saturated heterocycles. The second kappa shape index (κ2) is 15.9. The van der Waals surface area contributed by atoms with E-state index >= 15 is 0 Å². The van der Waals surface area contributed by atoms with Crippen molar-refractivity contribution in [3.8, 4) is 33.8 Å². The van der Waals surface area contributed by atoms with Crippen molar-refractivity contribution in [1.29, 1.82) is 0 Å². The number of hydrogen-bond donors (Lipinski definition) is 2. The van der Waals surface area contributed by atoms with Crippen molar-refractivity contribution in [3.63, 3.8) is 0 Å². The third-order valence-electron chi connectivity index (χ3n) is 11.8. The number of aryl methyl sites for hydroxylation is 2. The number of fused-ring (bicyclic) bond motifs is 6. The third kappa shape index (κ3) is 6.97. The normalized spacial score (nSPS) is 14.1.